The molecule has 0 aliphatic rings. The predicted octanol–water partition coefficient (Wildman–Crippen LogP) is 2.47. The molecule has 0 atom stereocenters. The van der Waals surface area contributed by atoms with Crippen molar-refractivity contribution in [2.45, 2.75) is 6.54 Å². The molecule has 6 nitrogen and oxygen atoms in total. The number of nitrogens with zero attached hydrogens (tertiary/aromatic N) is 1. The predicted molar refractivity (Wildman–Crippen MR) is 69.1 cm³/mol. The third-order valence-corrected chi connectivity index (χ3v) is 2.80. The minimum Gasteiger partial charge on any atom is -0.475 e. The van der Waals surface area contributed by atoms with E-state index < -0.39 is 5.97 Å². The molecule has 19 heavy (non-hydrogen) atoms. The van der Waals surface area contributed by atoms with Gasteiger partial charge in [0, 0.05) is 5.39 Å². The van der Waals surface area contributed by atoms with Crippen LogP contribution in [0.25, 0.3) is 10.9 Å². The lowest BCUT2D eigenvalue weighted by atomic mass is 10.2. The summed E-state index contributed by atoms with van der Waals surface area (Å²) in [5, 5.41) is 19.9. The highest BCUT2D eigenvalue weighted by molar-refractivity contribution is 5.89. The van der Waals surface area contributed by atoms with Gasteiger partial charge in [0.1, 0.15) is 5.76 Å². The molecule has 0 saturated carbocycles. The smallest absolute Gasteiger partial charge is 0.371 e. The Morgan fingerprint density at radius 2 is 2.26 bits per heavy atom. The van der Waals surface area contributed by atoms with Gasteiger partial charge in [-0.1, -0.05) is 12.1 Å². The molecule has 1 aromatic carbocycles. The van der Waals surface area contributed by atoms with Gasteiger partial charge < -0.3 is 14.8 Å². The van der Waals surface area contributed by atoms with Crippen LogP contribution in [0.4, 0.5) is 5.69 Å². The summed E-state index contributed by atoms with van der Waals surface area (Å²) in [6.07, 6.45) is 1.75. The Kier molecular flexibility index (Phi) is 2.68. The molecule has 0 bridgehead atoms. The van der Waals surface area contributed by atoms with E-state index in [0.717, 1.165) is 16.6 Å². The summed E-state index contributed by atoms with van der Waals surface area (Å²) in [5.74, 6) is -0.563. The second-order valence-corrected chi connectivity index (χ2v) is 4.06. The fraction of sp³-hybridized carbons (Fsp3) is 0.0769. The zero-order chi connectivity index (χ0) is 13.2. The first kappa shape index (κ1) is 11.3. The summed E-state index contributed by atoms with van der Waals surface area (Å²) in [5.41, 5.74) is 1.80. The van der Waals surface area contributed by atoms with E-state index in [1.807, 2.05) is 18.2 Å². The molecule has 0 saturated heterocycles. The molecule has 3 aromatic rings. The molecule has 0 amide bonds. The maximum atomic E-state index is 10.7. The van der Waals surface area contributed by atoms with Gasteiger partial charge in [-0.05, 0) is 18.2 Å². The zero-order valence-electron chi connectivity index (χ0n) is 9.88. The first-order valence-electron chi connectivity index (χ1n) is 5.72. The quantitative estimate of drug-likeness (QED) is 0.667. The van der Waals surface area contributed by atoms with Gasteiger partial charge in [0.2, 0.25) is 5.76 Å². The van der Waals surface area contributed by atoms with Crippen LogP contribution in [0.3, 0.4) is 0 Å². The standard InChI is InChI=1S/C13H11N3O3/c17-13(18)11-5-4-9(19-11)7-14-10-3-1-2-8-6-15-16-12(8)10/h1-6,14H,7H2,(H,15,16)(H,17,18). The highest BCUT2D eigenvalue weighted by Crippen LogP contribution is 2.21. The monoisotopic (exact) mass is 257 g/mol. The van der Waals surface area contributed by atoms with E-state index in [4.69, 9.17) is 9.52 Å². The van der Waals surface area contributed by atoms with Crippen LogP contribution < -0.4 is 5.32 Å². The molecule has 3 N–H and O–H groups in total. The van der Waals surface area contributed by atoms with E-state index in [9.17, 15) is 4.79 Å². The fourth-order valence-electron chi connectivity index (χ4n) is 1.89. The van der Waals surface area contributed by atoms with E-state index in [1.54, 1.807) is 12.3 Å². The van der Waals surface area contributed by atoms with Crippen LogP contribution in [-0.4, -0.2) is 21.3 Å². The summed E-state index contributed by atoms with van der Waals surface area (Å²) >= 11 is 0. The summed E-state index contributed by atoms with van der Waals surface area (Å²) in [7, 11) is 0. The van der Waals surface area contributed by atoms with Gasteiger partial charge in [-0.2, -0.15) is 5.10 Å². The maximum absolute atomic E-state index is 10.7. The van der Waals surface area contributed by atoms with Crippen molar-refractivity contribution >= 4 is 22.6 Å². The molecule has 2 aromatic heterocycles. The Hall–Kier alpha value is -2.76. The van der Waals surface area contributed by atoms with Crippen molar-refractivity contribution in [1.29, 1.82) is 0 Å². The number of aromatic carboxylic acids is 1. The van der Waals surface area contributed by atoms with E-state index >= 15 is 0 Å². The van der Waals surface area contributed by atoms with E-state index in [1.165, 1.54) is 6.07 Å². The molecule has 0 fully saturated rings. The largest absolute Gasteiger partial charge is 0.475 e. The number of carbonyl (C=O) groups is 1. The number of rotatable bonds is 4. The molecule has 6 heteroatoms. The Bertz CT molecular complexity index is 729. The lowest BCUT2D eigenvalue weighted by Crippen LogP contribution is -1.99. The number of furan rings is 1. The molecule has 0 radical (unpaired) electrons. The van der Waals surface area contributed by atoms with Crippen molar-refractivity contribution < 1.29 is 14.3 Å². The summed E-state index contributed by atoms with van der Waals surface area (Å²) in [4.78, 5) is 10.7. The van der Waals surface area contributed by atoms with Crippen LogP contribution in [-0.2, 0) is 6.54 Å². The third-order valence-electron chi connectivity index (χ3n) is 2.80. The molecule has 2 heterocycles. The van der Waals surface area contributed by atoms with Gasteiger partial charge in [0.15, 0.2) is 0 Å². The topological polar surface area (TPSA) is 91.1 Å². The van der Waals surface area contributed by atoms with Crippen molar-refractivity contribution in [3.05, 3.63) is 48.0 Å². The molecule has 0 spiro atoms. The molecule has 0 aliphatic heterocycles. The van der Waals surface area contributed by atoms with Crippen LogP contribution >= 0.6 is 0 Å². The van der Waals surface area contributed by atoms with Crippen molar-refractivity contribution in [3.63, 3.8) is 0 Å². The molecule has 96 valence electrons. The summed E-state index contributed by atoms with van der Waals surface area (Å²) < 4.78 is 5.17. The Morgan fingerprint density at radius 1 is 1.37 bits per heavy atom. The Labute approximate surface area is 108 Å². The van der Waals surface area contributed by atoms with Crippen LogP contribution in [0.5, 0.6) is 0 Å². The molecular weight excluding hydrogens is 246 g/mol. The van der Waals surface area contributed by atoms with E-state index in [2.05, 4.69) is 15.5 Å². The first-order valence-corrected chi connectivity index (χ1v) is 5.72. The highest BCUT2D eigenvalue weighted by atomic mass is 16.4. The van der Waals surface area contributed by atoms with E-state index in [-0.39, 0.29) is 5.76 Å². The van der Waals surface area contributed by atoms with Crippen LogP contribution in [0.15, 0.2) is 40.9 Å². The van der Waals surface area contributed by atoms with Crippen LogP contribution in [0.1, 0.15) is 16.3 Å². The highest BCUT2D eigenvalue weighted by Gasteiger charge is 2.09. The lowest BCUT2D eigenvalue weighted by Gasteiger charge is -2.05. The second kappa shape index (κ2) is 4.49. The van der Waals surface area contributed by atoms with Crippen LogP contribution in [0.2, 0.25) is 0 Å². The number of nitrogens with one attached hydrogen (secondary N) is 2. The number of para-hydroxylation sites is 1. The number of H-pyrrole nitrogens is 1. The average molecular weight is 257 g/mol. The third kappa shape index (κ3) is 2.15. The fourth-order valence-corrected chi connectivity index (χ4v) is 1.89. The minimum atomic E-state index is -1.07. The summed E-state index contributed by atoms with van der Waals surface area (Å²) in [6, 6.07) is 8.88. The average Bonchev–Trinajstić information content (AvgIpc) is 3.05. The van der Waals surface area contributed by atoms with E-state index in [0.29, 0.717) is 12.3 Å². The number of fused-ring (bicyclic) bond motifs is 1. The number of benzene rings is 1. The normalized spacial score (nSPS) is 10.7. The van der Waals surface area contributed by atoms with Gasteiger partial charge in [0.25, 0.3) is 0 Å². The van der Waals surface area contributed by atoms with Crippen molar-refractivity contribution in [3.8, 4) is 0 Å². The number of carboxylic acid groups (broad SMARTS) is 1. The van der Waals surface area contributed by atoms with Crippen molar-refractivity contribution in [2.75, 3.05) is 5.32 Å². The number of carboxylic acids is 1. The number of aromatic amines is 1. The number of aromatic nitrogens is 2. The zero-order valence-corrected chi connectivity index (χ0v) is 9.88. The molecule has 0 aliphatic carbocycles. The number of anilines is 1. The van der Waals surface area contributed by atoms with Crippen LogP contribution in [0, 0.1) is 0 Å². The SMILES string of the molecule is O=C(O)c1ccc(CNc2cccc3cn[nH]c23)o1. The van der Waals surface area contributed by atoms with Gasteiger partial charge in [-0.3, -0.25) is 5.10 Å². The maximum Gasteiger partial charge on any atom is 0.371 e. The minimum absolute atomic E-state index is 0.0588. The van der Waals surface area contributed by atoms with Gasteiger partial charge >= 0.3 is 5.97 Å². The number of hydrogen-bond donors (Lipinski definition) is 3. The van der Waals surface area contributed by atoms with Crippen molar-refractivity contribution in [2.24, 2.45) is 0 Å². The van der Waals surface area contributed by atoms with Gasteiger partial charge in [0.05, 0.1) is 23.9 Å². The van der Waals surface area contributed by atoms with Gasteiger partial charge in [-0.25, -0.2) is 4.79 Å². The molecular formula is C13H11N3O3. The first-order chi connectivity index (χ1) is 9.24. The Morgan fingerprint density at radius 3 is 3.05 bits per heavy atom. The van der Waals surface area contributed by atoms with Gasteiger partial charge in [-0.15, -0.1) is 0 Å². The lowest BCUT2D eigenvalue weighted by molar-refractivity contribution is 0.0660. The molecule has 0 unspecified atom stereocenters. The Balaban J connectivity index is 1.78. The second-order valence-electron chi connectivity index (χ2n) is 4.06. The van der Waals surface area contributed by atoms with Crippen molar-refractivity contribution in [1.82, 2.24) is 10.2 Å². The number of hydrogen-bond acceptors (Lipinski definition) is 4. The summed E-state index contributed by atoms with van der Waals surface area (Å²) in [6.45, 7) is 0.408. The molecule has 3 rings (SSSR count).